The van der Waals surface area contributed by atoms with Crippen LogP contribution in [0, 0.1) is 0 Å². The predicted molar refractivity (Wildman–Crippen MR) is 58.4 cm³/mol. The second-order valence-electron chi connectivity index (χ2n) is 3.06. The Morgan fingerprint density at radius 2 is 2.08 bits per heavy atom. The van der Waals surface area contributed by atoms with Gasteiger partial charge in [-0.25, -0.2) is 0 Å². The van der Waals surface area contributed by atoms with Crippen molar-refractivity contribution in [1.29, 1.82) is 0 Å². The summed E-state index contributed by atoms with van der Waals surface area (Å²) in [6, 6.07) is 0.478. The zero-order chi connectivity index (χ0) is 9.40. The number of hydrogen-bond donors (Lipinski definition) is 2. The van der Waals surface area contributed by atoms with Crippen LogP contribution in [0.25, 0.3) is 0 Å². The van der Waals surface area contributed by atoms with Crippen molar-refractivity contribution in [3.05, 3.63) is 0 Å². The molecule has 0 saturated heterocycles. The molecule has 0 radical (unpaired) electrons. The molecule has 0 aliphatic carbocycles. The molecule has 2 N–H and O–H groups in total. The van der Waals surface area contributed by atoms with Crippen LogP contribution in [0.5, 0.6) is 0 Å². The molecule has 0 bridgehead atoms. The SMILES string of the molecule is CCCCNC(=S)NC(C)CC. The molecule has 0 saturated carbocycles. The third kappa shape index (κ3) is 6.40. The van der Waals surface area contributed by atoms with Crippen LogP contribution in [0.1, 0.15) is 40.0 Å². The minimum Gasteiger partial charge on any atom is -0.363 e. The Balaban J connectivity index is 3.33. The second-order valence-corrected chi connectivity index (χ2v) is 3.47. The van der Waals surface area contributed by atoms with Crippen LogP contribution in [-0.4, -0.2) is 17.7 Å². The van der Waals surface area contributed by atoms with E-state index in [9.17, 15) is 0 Å². The van der Waals surface area contributed by atoms with Gasteiger partial charge < -0.3 is 10.6 Å². The van der Waals surface area contributed by atoms with Gasteiger partial charge >= 0.3 is 0 Å². The van der Waals surface area contributed by atoms with Gasteiger partial charge in [-0.3, -0.25) is 0 Å². The van der Waals surface area contributed by atoms with Crippen LogP contribution >= 0.6 is 12.2 Å². The van der Waals surface area contributed by atoms with Crippen LogP contribution in [0.2, 0.25) is 0 Å². The van der Waals surface area contributed by atoms with Crippen LogP contribution in [-0.2, 0) is 0 Å². The van der Waals surface area contributed by atoms with E-state index in [-0.39, 0.29) is 0 Å². The van der Waals surface area contributed by atoms with Crippen molar-refractivity contribution in [3.63, 3.8) is 0 Å². The maximum atomic E-state index is 5.09. The largest absolute Gasteiger partial charge is 0.363 e. The van der Waals surface area contributed by atoms with Gasteiger partial charge in [-0.15, -0.1) is 0 Å². The Kier molecular flexibility index (Phi) is 7.16. The van der Waals surface area contributed by atoms with Gasteiger partial charge in [-0.1, -0.05) is 20.3 Å². The molecule has 0 amide bonds. The molecule has 0 aromatic carbocycles. The normalized spacial score (nSPS) is 12.2. The van der Waals surface area contributed by atoms with Crippen LogP contribution in [0.4, 0.5) is 0 Å². The van der Waals surface area contributed by atoms with Gasteiger partial charge in [-0.05, 0) is 32.0 Å². The Morgan fingerprint density at radius 3 is 2.58 bits per heavy atom. The highest BCUT2D eigenvalue weighted by molar-refractivity contribution is 7.80. The molecule has 12 heavy (non-hydrogen) atoms. The lowest BCUT2D eigenvalue weighted by Crippen LogP contribution is -2.40. The summed E-state index contributed by atoms with van der Waals surface area (Å²) in [5.74, 6) is 0. The monoisotopic (exact) mass is 188 g/mol. The fraction of sp³-hybridized carbons (Fsp3) is 0.889. The minimum atomic E-state index is 0.478. The lowest BCUT2D eigenvalue weighted by molar-refractivity contribution is 0.628. The first-order valence-corrected chi connectivity index (χ1v) is 5.15. The van der Waals surface area contributed by atoms with E-state index in [4.69, 9.17) is 12.2 Å². The molecule has 0 fully saturated rings. The minimum absolute atomic E-state index is 0.478. The molecule has 0 aromatic heterocycles. The molecule has 2 nitrogen and oxygen atoms in total. The Morgan fingerprint density at radius 1 is 1.42 bits per heavy atom. The maximum Gasteiger partial charge on any atom is 0.166 e. The van der Waals surface area contributed by atoms with E-state index in [1.807, 2.05) is 0 Å². The smallest absolute Gasteiger partial charge is 0.166 e. The van der Waals surface area contributed by atoms with Gasteiger partial charge in [0.25, 0.3) is 0 Å². The van der Waals surface area contributed by atoms with Gasteiger partial charge in [0.05, 0.1) is 0 Å². The van der Waals surface area contributed by atoms with E-state index < -0.39 is 0 Å². The van der Waals surface area contributed by atoms with E-state index in [0.29, 0.717) is 6.04 Å². The van der Waals surface area contributed by atoms with Crippen molar-refractivity contribution in [2.24, 2.45) is 0 Å². The summed E-state index contributed by atoms with van der Waals surface area (Å²) in [6.07, 6.45) is 3.50. The van der Waals surface area contributed by atoms with E-state index >= 15 is 0 Å². The van der Waals surface area contributed by atoms with E-state index in [1.54, 1.807) is 0 Å². The van der Waals surface area contributed by atoms with Crippen molar-refractivity contribution in [3.8, 4) is 0 Å². The van der Waals surface area contributed by atoms with Crippen LogP contribution < -0.4 is 10.6 Å². The topological polar surface area (TPSA) is 24.1 Å². The highest BCUT2D eigenvalue weighted by atomic mass is 32.1. The Bertz CT molecular complexity index is 126. The molecule has 0 rings (SSSR count). The molecule has 72 valence electrons. The average molecular weight is 188 g/mol. The molecule has 1 unspecified atom stereocenters. The molecule has 0 aliphatic rings. The van der Waals surface area contributed by atoms with Gasteiger partial charge in [0, 0.05) is 12.6 Å². The zero-order valence-electron chi connectivity index (χ0n) is 8.31. The summed E-state index contributed by atoms with van der Waals surface area (Å²) in [4.78, 5) is 0. The average Bonchev–Trinajstić information content (AvgIpc) is 2.05. The molecule has 3 heteroatoms. The highest BCUT2D eigenvalue weighted by Gasteiger charge is 1.99. The van der Waals surface area contributed by atoms with Gasteiger partial charge in [0.1, 0.15) is 0 Å². The van der Waals surface area contributed by atoms with Gasteiger partial charge in [0.15, 0.2) is 5.11 Å². The number of unbranched alkanes of at least 4 members (excludes halogenated alkanes) is 1. The van der Waals surface area contributed by atoms with Crippen molar-refractivity contribution in [2.75, 3.05) is 6.54 Å². The van der Waals surface area contributed by atoms with Crippen molar-refractivity contribution >= 4 is 17.3 Å². The molecule has 0 spiro atoms. The summed E-state index contributed by atoms with van der Waals surface area (Å²) in [5, 5.41) is 7.17. The zero-order valence-corrected chi connectivity index (χ0v) is 9.13. The van der Waals surface area contributed by atoms with Crippen molar-refractivity contribution < 1.29 is 0 Å². The molecular formula is C9H20N2S. The molecule has 0 aromatic rings. The number of rotatable bonds is 5. The first-order valence-electron chi connectivity index (χ1n) is 4.75. The van der Waals surface area contributed by atoms with E-state index in [0.717, 1.165) is 18.1 Å². The fourth-order valence-electron chi connectivity index (χ4n) is 0.756. The van der Waals surface area contributed by atoms with E-state index in [1.165, 1.54) is 12.8 Å². The lowest BCUT2D eigenvalue weighted by atomic mass is 10.3. The first kappa shape index (κ1) is 11.7. The third-order valence-corrected chi connectivity index (χ3v) is 2.07. The van der Waals surface area contributed by atoms with Crippen molar-refractivity contribution in [2.45, 2.75) is 46.1 Å². The lowest BCUT2D eigenvalue weighted by Gasteiger charge is -2.14. The molecular weight excluding hydrogens is 168 g/mol. The van der Waals surface area contributed by atoms with Gasteiger partial charge in [0.2, 0.25) is 0 Å². The third-order valence-electron chi connectivity index (χ3n) is 1.81. The summed E-state index contributed by atoms with van der Waals surface area (Å²) in [6.45, 7) is 7.44. The first-order chi connectivity index (χ1) is 5.70. The second kappa shape index (κ2) is 7.35. The summed E-state index contributed by atoms with van der Waals surface area (Å²) in [5.41, 5.74) is 0. The Labute approximate surface area is 81.1 Å². The van der Waals surface area contributed by atoms with Crippen LogP contribution in [0.3, 0.4) is 0 Å². The van der Waals surface area contributed by atoms with Crippen LogP contribution in [0.15, 0.2) is 0 Å². The summed E-state index contributed by atoms with van der Waals surface area (Å²) < 4.78 is 0. The maximum absolute atomic E-state index is 5.09. The van der Waals surface area contributed by atoms with E-state index in [2.05, 4.69) is 31.4 Å². The Hall–Kier alpha value is -0.310. The standard InChI is InChI=1S/C9H20N2S/c1-4-6-7-10-9(12)11-8(3)5-2/h8H,4-7H2,1-3H3,(H2,10,11,12). The number of thiocarbonyl (C=S) groups is 1. The number of hydrogen-bond acceptors (Lipinski definition) is 1. The predicted octanol–water partition coefficient (Wildman–Crippen LogP) is 2.05. The van der Waals surface area contributed by atoms with Crippen molar-refractivity contribution in [1.82, 2.24) is 10.6 Å². The van der Waals surface area contributed by atoms with Gasteiger partial charge in [-0.2, -0.15) is 0 Å². The number of nitrogens with one attached hydrogen (secondary N) is 2. The molecule has 0 aliphatic heterocycles. The highest BCUT2D eigenvalue weighted by Crippen LogP contribution is 1.87. The summed E-state index contributed by atoms with van der Waals surface area (Å²) in [7, 11) is 0. The fourth-order valence-corrected chi connectivity index (χ4v) is 1.06. The summed E-state index contributed by atoms with van der Waals surface area (Å²) >= 11 is 5.09. The molecule has 1 atom stereocenters. The quantitative estimate of drug-likeness (QED) is 0.510. The molecule has 0 heterocycles.